The summed E-state index contributed by atoms with van der Waals surface area (Å²) < 4.78 is 16.7. The molecule has 13 heteroatoms. The molecule has 2 aromatic heterocycles. The van der Waals surface area contributed by atoms with Gasteiger partial charge >= 0.3 is 11.7 Å². The van der Waals surface area contributed by atoms with E-state index in [1.165, 1.54) is 19.2 Å². The van der Waals surface area contributed by atoms with Crippen LogP contribution in [0.25, 0.3) is 5.69 Å². The number of halogens is 1. The molecule has 4 rings (SSSR count). The maximum absolute atomic E-state index is 14.6. The standard InChI is InChI=1S/C23H30FN9O3/c1-12-15(19(34)35)7-13(8-17(12)33-21(36)32(6)30-31-33)27-20-25-11-16(24)18(28-20)26-14-9-22(2,3)29-23(4,5)10-14/h7-8,11,14,29H,9-10H2,1-6H3,(H,34,35)(H2,25,26,27,28). The van der Waals surface area contributed by atoms with Crippen molar-refractivity contribution in [2.75, 3.05) is 10.6 Å². The summed E-state index contributed by atoms with van der Waals surface area (Å²) >= 11 is 0. The second-order valence-corrected chi connectivity index (χ2v) is 10.4. The first kappa shape index (κ1) is 25.2. The van der Waals surface area contributed by atoms with E-state index in [9.17, 15) is 19.1 Å². The number of hydrogen-bond donors (Lipinski definition) is 4. The minimum atomic E-state index is -1.19. The van der Waals surface area contributed by atoms with E-state index in [1.54, 1.807) is 6.92 Å². The molecular weight excluding hydrogens is 469 g/mol. The van der Waals surface area contributed by atoms with Gasteiger partial charge in [0.25, 0.3) is 0 Å². The SMILES string of the molecule is Cc1c(C(=O)O)cc(Nc2ncc(F)c(NC3CC(C)(C)NC(C)(C)C3)n2)cc1-n1nnn(C)c1=O. The molecule has 0 saturated carbocycles. The smallest absolute Gasteiger partial charge is 0.368 e. The predicted molar refractivity (Wildman–Crippen MR) is 132 cm³/mol. The van der Waals surface area contributed by atoms with Crippen molar-refractivity contribution < 1.29 is 14.3 Å². The summed E-state index contributed by atoms with van der Waals surface area (Å²) in [6.07, 6.45) is 2.58. The molecule has 0 unspecified atom stereocenters. The minimum absolute atomic E-state index is 0.0263. The first-order chi connectivity index (χ1) is 16.7. The molecule has 36 heavy (non-hydrogen) atoms. The molecule has 3 heterocycles. The number of carboxylic acids is 1. The molecule has 0 atom stereocenters. The second-order valence-electron chi connectivity index (χ2n) is 10.4. The van der Waals surface area contributed by atoms with Gasteiger partial charge in [-0.25, -0.2) is 19.0 Å². The molecule has 1 aliphatic heterocycles. The number of rotatable bonds is 6. The molecule has 12 nitrogen and oxygen atoms in total. The fraction of sp³-hybridized carbons (Fsp3) is 0.478. The minimum Gasteiger partial charge on any atom is -0.478 e. The number of tetrazole rings is 1. The highest BCUT2D eigenvalue weighted by atomic mass is 19.1. The third kappa shape index (κ3) is 5.20. The topological polar surface area (TPSA) is 152 Å². The van der Waals surface area contributed by atoms with E-state index in [0.717, 1.165) is 28.4 Å². The highest BCUT2D eigenvalue weighted by Crippen LogP contribution is 2.31. The Morgan fingerprint density at radius 1 is 1.19 bits per heavy atom. The lowest BCUT2D eigenvalue weighted by Gasteiger charge is -2.46. The number of nitrogens with zero attached hydrogens (tertiary/aromatic N) is 6. The van der Waals surface area contributed by atoms with Crippen molar-refractivity contribution in [3.8, 4) is 5.69 Å². The predicted octanol–water partition coefficient (Wildman–Crippen LogP) is 2.37. The molecule has 1 aromatic carbocycles. The van der Waals surface area contributed by atoms with E-state index in [4.69, 9.17) is 0 Å². The number of hydrogen-bond acceptors (Lipinski definition) is 9. The average molecular weight is 500 g/mol. The summed E-state index contributed by atoms with van der Waals surface area (Å²) in [5, 5.41) is 26.9. The first-order valence-electron chi connectivity index (χ1n) is 11.5. The fourth-order valence-electron chi connectivity index (χ4n) is 4.95. The number of aromatic carboxylic acids is 1. The maximum Gasteiger partial charge on any atom is 0.368 e. The van der Waals surface area contributed by atoms with Gasteiger partial charge in [-0.15, -0.1) is 0 Å². The number of nitrogens with one attached hydrogen (secondary N) is 3. The van der Waals surface area contributed by atoms with E-state index in [1.807, 2.05) is 0 Å². The Labute approximate surface area is 206 Å². The molecule has 1 aliphatic rings. The van der Waals surface area contributed by atoms with Crippen LogP contribution in [0.4, 0.5) is 21.8 Å². The van der Waals surface area contributed by atoms with Gasteiger partial charge in [-0.1, -0.05) is 0 Å². The lowest BCUT2D eigenvalue weighted by Crippen LogP contribution is -2.60. The highest BCUT2D eigenvalue weighted by molar-refractivity contribution is 5.92. The Balaban J connectivity index is 1.66. The molecule has 0 aliphatic carbocycles. The van der Waals surface area contributed by atoms with Crippen LogP contribution >= 0.6 is 0 Å². The zero-order valence-electron chi connectivity index (χ0n) is 21.0. The van der Waals surface area contributed by atoms with Crippen molar-refractivity contribution in [1.29, 1.82) is 0 Å². The van der Waals surface area contributed by atoms with Crippen LogP contribution in [0.3, 0.4) is 0 Å². The van der Waals surface area contributed by atoms with E-state index in [2.05, 4.69) is 64.0 Å². The second kappa shape index (κ2) is 8.97. The molecule has 0 bridgehead atoms. The molecule has 1 fully saturated rings. The summed E-state index contributed by atoms with van der Waals surface area (Å²) in [6, 6.07) is 2.90. The maximum atomic E-state index is 14.6. The largest absolute Gasteiger partial charge is 0.478 e. The summed E-state index contributed by atoms with van der Waals surface area (Å²) in [5.74, 6) is -1.68. The monoisotopic (exact) mass is 499 g/mol. The number of anilines is 3. The molecular formula is C23H30FN9O3. The number of carbonyl (C=O) groups is 1. The van der Waals surface area contributed by atoms with Gasteiger partial charge in [0.2, 0.25) is 5.95 Å². The Morgan fingerprint density at radius 3 is 2.44 bits per heavy atom. The Bertz CT molecular complexity index is 1360. The quantitative estimate of drug-likeness (QED) is 0.398. The van der Waals surface area contributed by atoms with Crippen molar-refractivity contribution >= 4 is 23.4 Å². The normalized spacial score (nSPS) is 17.1. The van der Waals surface area contributed by atoms with Crippen molar-refractivity contribution in [3.05, 3.63) is 45.8 Å². The number of aryl methyl sites for hydroxylation is 1. The van der Waals surface area contributed by atoms with Gasteiger partial charge in [-0.3, -0.25) is 0 Å². The molecule has 4 N–H and O–H groups in total. The average Bonchev–Trinajstić information content (AvgIpc) is 3.07. The molecule has 0 spiro atoms. The molecule has 3 aromatic rings. The number of aromatic nitrogens is 6. The lowest BCUT2D eigenvalue weighted by molar-refractivity contribution is 0.0696. The van der Waals surface area contributed by atoms with Gasteiger partial charge in [0, 0.05) is 29.9 Å². The van der Waals surface area contributed by atoms with Crippen LogP contribution in [-0.4, -0.2) is 58.0 Å². The van der Waals surface area contributed by atoms with Crippen LogP contribution in [0.15, 0.2) is 23.1 Å². The number of carboxylic acid groups (broad SMARTS) is 1. The van der Waals surface area contributed by atoms with Crippen molar-refractivity contribution in [2.24, 2.45) is 7.05 Å². The zero-order chi connectivity index (χ0) is 26.4. The van der Waals surface area contributed by atoms with Gasteiger partial charge in [0.1, 0.15) is 0 Å². The van der Waals surface area contributed by atoms with Crippen molar-refractivity contribution in [1.82, 2.24) is 35.1 Å². The Hall–Kier alpha value is -3.87. The van der Waals surface area contributed by atoms with Crippen LogP contribution in [0.5, 0.6) is 0 Å². The van der Waals surface area contributed by atoms with Gasteiger partial charge in [-0.05, 0) is 75.6 Å². The summed E-state index contributed by atoms with van der Waals surface area (Å²) in [7, 11) is 1.44. The van der Waals surface area contributed by atoms with Crippen LogP contribution in [0.1, 0.15) is 56.5 Å². The summed E-state index contributed by atoms with van der Waals surface area (Å²) in [6.45, 7) is 9.97. The first-order valence-corrected chi connectivity index (χ1v) is 11.5. The van der Waals surface area contributed by atoms with Gasteiger partial charge in [0.15, 0.2) is 11.6 Å². The van der Waals surface area contributed by atoms with Crippen LogP contribution in [0, 0.1) is 12.7 Å². The van der Waals surface area contributed by atoms with Gasteiger partial charge in [0.05, 0.1) is 17.4 Å². The molecule has 192 valence electrons. The summed E-state index contributed by atoms with van der Waals surface area (Å²) in [4.78, 5) is 32.6. The van der Waals surface area contributed by atoms with Crippen LogP contribution in [-0.2, 0) is 7.05 Å². The third-order valence-electron chi connectivity index (χ3n) is 6.09. The van der Waals surface area contributed by atoms with Gasteiger partial charge < -0.3 is 21.1 Å². The number of benzene rings is 1. The third-order valence-corrected chi connectivity index (χ3v) is 6.09. The lowest BCUT2D eigenvalue weighted by atomic mass is 9.79. The van der Waals surface area contributed by atoms with E-state index >= 15 is 0 Å². The molecule has 1 saturated heterocycles. The van der Waals surface area contributed by atoms with E-state index in [0.29, 0.717) is 5.56 Å². The Morgan fingerprint density at radius 2 is 1.86 bits per heavy atom. The van der Waals surface area contributed by atoms with Crippen LogP contribution < -0.4 is 21.6 Å². The van der Waals surface area contributed by atoms with E-state index in [-0.39, 0.29) is 45.8 Å². The van der Waals surface area contributed by atoms with Crippen molar-refractivity contribution in [2.45, 2.75) is 64.6 Å². The fourth-order valence-corrected chi connectivity index (χ4v) is 4.95. The van der Waals surface area contributed by atoms with E-state index < -0.39 is 17.5 Å². The number of piperidine rings is 1. The van der Waals surface area contributed by atoms with Gasteiger partial charge in [-0.2, -0.15) is 14.3 Å². The summed E-state index contributed by atoms with van der Waals surface area (Å²) in [5.41, 5.74) is -0.0327. The Kier molecular flexibility index (Phi) is 6.29. The molecule has 0 amide bonds. The molecule has 0 radical (unpaired) electrons. The van der Waals surface area contributed by atoms with Crippen molar-refractivity contribution in [3.63, 3.8) is 0 Å². The zero-order valence-corrected chi connectivity index (χ0v) is 21.0. The highest BCUT2D eigenvalue weighted by Gasteiger charge is 2.38. The van der Waals surface area contributed by atoms with Crippen LogP contribution in [0.2, 0.25) is 0 Å².